The second-order valence-electron chi connectivity index (χ2n) is 2.62. The molecule has 1 rings (SSSR count). The third kappa shape index (κ3) is 2.21. The van der Waals surface area contributed by atoms with Crippen molar-refractivity contribution in [3.05, 3.63) is 34.6 Å². The average molecular weight is 219 g/mol. The first-order valence-corrected chi connectivity index (χ1v) is 4.14. The number of benzene rings is 1. The maximum Gasteiger partial charge on any atom is 0.337 e. The monoisotopic (exact) mass is 218 g/mol. The van der Waals surface area contributed by atoms with Crippen LogP contribution in [-0.4, -0.2) is 18.2 Å². The summed E-state index contributed by atoms with van der Waals surface area (Å²) in [7, 11) is 1.20. The van der Waals surface area contributed by atoms with E-state index in [9.17, 15) is 9.18 Å². The third-order valence-electron chi connectivity index (χ3n) is 1.70. The zero-order valence-electron chi connectivity index (χ0n) is 7.33. The number of carbonyl (C=O) groups is 1. The van der Waals surface area contributed by atoms with Crippen molar-refractivity contribution >= 4 is 17.6 Å². The molecule has 0 fully saturated rings. The van der Waals surface area contributed by atoms with Gasteiger partial charge in [0.2, 0.25) is 0 Å². The molecule has 76 valence electrons. The lowest BCUT2D eigenvalue weighted by Crippen LogP contribution is -2.14. The maximum absolute atomic E-state index is 13.2. The lowest BCUT2D eigenvalue weighted by molar-refractivity contribution is -0.149. The van der Waals surface area contributed by atoms with Gasteiger partial charge >= 0.3 is 5.97 Å². The first-order chi connectivity index (χ1) is 6.56. The summed E-state index contributed by atoms with van der Waals surface area (Å²) >= 11 is 5.52. The number of methoxy groups -OCH3 is 1. The fraction of sp³-hybridized carbons (Fsp3) is 0.222. The fourth-order valence-corrected chi connectivity index (χ4v) is 1.23. The van der Waals surface area contributed by atoms with Gasteiger partial charge in [-0.3, -0.25) is 0 Å². The highest BCUT2D eigenvalue weighted by Gasteiger charge is 2.22. The lowest BCUT2D eigenvalue weighted by Gasteiger charge is -2.11. The SMILES string of the molecule is COC(C(=O)O)c1ccc(Cl)cc1F. The lowest BCUT2D eigenvalue weighted by atomic mass is 10.1. The van der Waals surface area contributed by atoms with E-state index in [1.54, 1.807) is 0 Å². The predicted molar refractivity (Wildman–Crippen MR) is 48.8 cm³/mol. The van der Waals surface area contributed by atoms with E-state index in [-0.39, 0.29) is 10.6 Å². The minimum absolute atomic E-state index is 0.0376. The summed E-state index contributed by atoms with van der Waals surface area (Å²) in [5, 5.41) is 8.91. The van der Waals surface area contributed by atoms with Crippen LogP contribution in [0.2, 0.25) is 5.02 Å². The van der Waals surface area contributed by atoms with Crippen molar-refractivity contribution in [2.24, 2.45) is 0 Å². The second kappa shape index (κ2) is 4.39. The second-order valence-corrected chi connectivity index (χ2v) is 3.06. The summed E-state index contributed by atoms with van der Waals surface area (Å²) < 4.78 is 17.9. The molecule has 0 spiro atoms. The Kier molecular flexibility index (Phi) is 3.43. The van der Waals surface area contributed by atoms with Gasteiger partial charge < -0.3 is 9.84 Å². The first kappa shape index (κ1) is 10.9. The molecule has 14 heavy (non-hydrogen) atoms. The Labute approximate surface area is 85.1 Å². The molecule has 5 heteroatoms. The normalized spacial score (nSPS) is 12.5. The predicted octanol–water partition coefficient (Wildman–Crippen LogP) is 2.25. The topological polar surface area (TPSA) is 46.5 Å². The van der Waals surface area contributed by atoms with Gasteiger partial charge in [-0.15, -0.1) is 0 Å². The molecule has 1 aromatic rings. The summed E-state index contributed by atoms with van der Waals surface area (Å²) in [4.78, 5) is 10.6. The molecule has 0 saturated heterocycles. The number of rotatable bonds is 3. The zero-order valence-corrected chi connectivity index (χ0v) is 8.08. The number of aliphatic carboxylic acids is 1. The van der Waals surface area contributed by atoms with Gasteiger partial charge in [-0.05, 0) is 12.1 Å². The van der Waals surface area contributed by atoms with E-state index in [4.69, 9.17) is 16.7 Å². The minimum Gasteiger partial charge on any atom is -0.479 e. The highest BCUT2D eigenvalue weighted by molar-refractivity contribution is 6.30. The van der Waals surface area contributed by atoms with Crippen LogP contribution in [0.25, 0.3) is 0 Å². The van der Waals surface area contributed by atoms with Gasteiger partial charge in [0.1, 0.15) is 5.82 Å². The molecule has 1 atom stereocenters. The van der Waals surface area contributed by atoms with Gasteiger partial charge in [0.25, 0.3) is 0 Å². The number of carboxylic acids is 1. The molecule has 0 aliphatic rings. The van der Waals surface area contributed by atoms with Crippen LogP contribution >= 0.6 is 11.6 Å². The van der Waals surface area contributed by atoms with Crippen LogP contribution in [0, 0.1) is 5.82 Å². The van der Waals surface area contributed by atoms with Crippen LogP contribution in [0.1, 0.15) is 11.7 Å². The first-order valence-electron chi connectivity index (χ1n) is 3.77. The molecule has 0 heterocycles. The summed E-state index contributed by atoms with van der Waals surface area (Å²) in [6, 6.07) is 3.75. The van der Waals surface area contributed by atoms with Gasteiger partial charge in [0.15, 0.2) is 6.10 Å². The smallest absolute Gasteiger partial charge is 0.337 e. The van der Waals surface area contributed by atoms with Crippen molar-refractivity contribution in [1.82, 2.24) is 0 Å². The molecule has 0 bridgehead atoms. The minimum atomic E-state index is -1.30. The van der Waals surface area contributed by atoms with Crippen LogP contribution < -0.4 is 0 Å². The van der Waals surface area contributed by atoms with E-state index in [1.165, 1.54) is 19.2 Å². The van der Waals surface area contributed by atoms with E-state index < -0.39 is 17.9 Å². The zero-order chi connectivity index (χ0) is 10.7. The van der Waals surface area contributed by atoms with E-state index in [0.717, 1.165) is 6.07 Å². The van der Waals surface area contributed by atoms with Crippen molar-refractivity contribution < 1.29 is 19.0 Å². The number of hydrogen-bond acceptors (Lipinski definition) is 2. The Balaban J connectivity index is 3.10. The number of halogens is 2. The van der Waals surface area contributed by atoms with Crippen LogP contribution in [0.15, 0.2) is 18.2 Å². The van der Waals surface area contributed by atoms with E-state index in [1.807, 2.05) is 0 Å². The molecule has 0 aliphatic heterocycles. The van der Waals surface area contributed by atoms with Crippen molar-refractivity contribution in [2.75, 3.05) is 7.11 Å². The third-order valence-corrected chi connectivity index (χ3v) is 1.94. The quantitative estimate of drug-likeness (QED) is 0.847. The van der Waals surface area contributed by atoms with Crippen molar-refractivity contribution in [2.45, 2.75) is 6.10 Å². The molecule has 0 saturated carbocycles. The Morgan fingerprint density at radius 3 is 2.71 bits per heavy atom. The Morgan fingerprint density at radius 1 is 1.64 bits per heavy atom. The molecule has 1 unspecified atom stereocenters. The Bertz CT molecular complexity index is 354. The summed E-state index contributed by atoms with van der Waals surface area (Å²) in [6.07, 6.45) is -1.30. The number of hydrogen-bond donors (Lipinski definition) is 1. The maximum atomic E-state index is 13.2. The van der Waals surface area contributed by atoms with E-state index >= 15 is 0 Å². The van der Waals surface area contributed by atoms with Crippen molar-refractivity contribution in [1.29, 1.82) is 0 Å². The highest BCUT2D eigenvalue weighted by Crippen LogP contribution is 2.23. The van der Waals surface area contributed by atoms with E-state index in [0.29, 0.717) is 0 Å². The van der Waals surface area contributed by atoms with E-state index in [2.05, 4.69) is 4.74 Å². The fourth-order valence-electron chi connectivity index (χ4n) is 1.07. The van der Waals surface area contributed by atoms with Gasteiger partial charge in [-0.1, -0.05) is 17.7 Å². The standard InChI is InChI=1S/C9H8ClFO3/c1-14-8(9(12)13)6-3-2-5(10)4-7(6)11/h2-4,8H,1H3,(H,12,13). The molecule has 1 aromatic carbocycles. The molecular weight excluding hydrogens is 211 g/mol. The molecular formula is C9H8ClFO3. The van der Waals surface area contributed by atoms with Crippen LogP contribution in [0.4, 0.5) is 4.39 Å². The van der Waals surface area contributed by atoms with Gasteiger partial charge in [-0.2, -0.15) is 0 Å². The number of ether oxygens (including phenoxy) is 1. The Hall–Kier alpha value is -1.13. The van der Waals surface area contributed by atoms with Crippen molar-refractivity contribution in [3.63, 3.8) is 0 Å². The summed E-state index contributed by atoms with van der Waals surface area (Å²) in [5.74, 6) is -1.93. The largest absolute Gasteiger partial charge is 0.479 e. The molecule has 0 aliphatic carbocycles. The average Bonchev–Trinajstić information content (AvgIpc) is 2.09. The highest BCUT2D eigenvalue weighted by atomic mass is 35.5. The van der Waals surface area contributed by atoms with Crippen LogP contribution in [0.5, 0.6) is 0 Å². The number of carboxylic acid groups (broad SMARTS) is 1. The van der Waals surface area contributed by atoms with Crippen LogP contribution in [-0.2, 0) is 9.53 Å². The van der Waals surface area contributed by atoms with Crippen molar-refractivity contribution in [3.8, 4) is 0 Å². The van der Waals surface area contributed by atoms with Gasteiger partial charge in [-0.25, -0.2) is 9.18 Å². The molecule has 0 aromatic heterocycles. The molecule has 0 radical (unpaired) electrons. The van der Waals surface area contributed by atoms with Gasteiger partial charge in [0, 0.05) is 17.7 Å². The van der Waals surface area contributed by atoms with Gasteiger partial charge in [0.05, 0.1) is 0 Å². The molecule has 1 N–H and O–H groups in total. The Morgan fingerprint density at radius 2 is 2.29 bits per heavy atom. The molecule has 0 amide bonds. The summed E-state index contributed by atoms with van der Waals surface area (Å²) in [5.41, 5.74) is -0.0376. The molecule has 3 nitrogen and oxygen atoms in total. The van der Waals surface area contributed by atoms with Crippen LogP contribution in [0.3, 0.4) is 0 Å². The summed E-state index contributed by atoms with van der Waals surface area (Å²) in [6.45, 7) is 0.